The van der Waals surface area contributed by atoms with Gasteiger partial charge in [0, 0.05) is 32.6 Å². The lowest BCUT2D eigenvalue weighted by atomic mass is 10.2. The zero-order chi connectivity index (χ0) is 18.2. The molecule has 142 valence electrons. The molecule has 1 aromatic rings. The van der Waals surface area contributed by atoms with Gasteiger partial charge in [-0.25, -0.2) is 0 Å². The van der Waals surface area contributed by atoms with Gasteiger partial charge in [-0.15, -0.1) is 0 Å². The number of ether oxygens (including phenoxy) is 3. The van der Waals surface area contributed by atoms with Crippen molar-refractivity contribution in [3.63, 3.8) is 0 Å². The van der Waals surface area contributed by atoms with E-state index in [0.717, 1.165) is 51.4 Å². The van der Waals surface area contributed by atoms with E-state index in [2.05, 4.69) is 20.7 Å². The summed E-state index contributed by atoms with van der Waals surface area (Å²) in [5.41, 5.74) is 3.62. The molecular formula is C17H23ClN4O3S. The maximum Gasteiger partial charge on any atom is 0.187 e. The minimum Gasteiger partial charge on any atom is -0.489 e. The number of hydrogen-bond acceptors (Lipinski definition) is 6. The van der Waals surface area contributed by atoms with Crippen LogP contribution < -0.4 is 20.2 Å². The summed E-state index contributed by atoms with van der Waals surface area (Å²) in [6.45, 7) is 6.42. The SMILES string of the molecule is S=C(NCCN1CCOCC1)N/N=C\c1cc(Cl)c2c(c1)OCCCO2. The highest BCUT2D eigenvalue weighted by Crippen LogP contribution is 2.37. The van der Waals surface area contributed by atoms with E-state index in [1.54, 1.807) is 12.3 Å². The van der Waals surface area contributed by atoms with E-state index < -0.39 is 0 Å². The second kappa shape index (κ2) is 9.91. The Kier molecular flexibility index (Phi) is 7.31. The zero-order valence-electron chi connectivity index (χ0n) is 14.5. The minimum atomic E-state index is 0.481. The van der Waals surface area contributed by atoms with Gasteiger partial charge in [0.1, 0.15) is 0 Å². The van der Waals surface area contributed by atoms with Crippen LogP contribution in [0.1, 0.15) is 12.0 Å². The normalized spacial score (nSPS) is 17.7. The molecule has 0 aromatic heterocycles. The van der Waals surface area contributed by atoms with Gasteiger partial charge in [-0.3, -0.25) is 10.3 Å². The Hall–Kier alpha value is -1.61. The molecule has 0 bridgehead atoms. The fraction of sp³-hybridized carbons (Fsp3) is 0.529. The molecule has 1 aromatic carbocycles. The number of fused-ring (bicyclic) bond motifs is 1. The molecule has 0 aliphatic carbocycles. The second-order valence-corrected chi connectivity index (χ2v) is 6.78. The van der Waals surface area contributed by atoms with Gasteiger partial charge in [-0.2, -0.15) is 5.10 Å². The van der Waals surface area contributed by atoms with Crippen molar-refractivity contribution >= 4 is 35.1 Å². The first-order valence-electron chi connectivity index (χ1n) is 8.68. The van der Waals surface area contributed by atoms with Crippen LogP contribution in [0.2, 0.25) is 5.02 Å². The summed E-state index contributed by atoms with van der Waals surface area (Å²) in [7, 11) is 0. The molecule has 2 heterocycles. The molecule has 0 atom stereocenters. The van der Waals surface area contributed by atoms with Crippen molar-refractivity contribution in [1.82, 2.24) is 15.6 Å². The molecule has 1 fully saturated rings. The van der Waals surface area contributed by atoms with Crippen LogP contribution in [0.25, 0.3) is 0 Å². The van der Waals surface area contributed by atoms with E-state index in [9.17, 15) is 0 Å². The molecule has 1 saturated heterocycles. The first-order chi connectivity index (χ1) is 12.7. The summed E-state index contributed by atoms with van der Waals surface area (Å²) < 4.78 is 16.6. The fourth-order valence-electron chi connectivity index (χ4n) is 2.68. The molecule has 3 rings (SSSR count). The van der Waals surface area contributed by atoms with Crippen molar-refractivity contribution in [2.24, 2.45) is 5.10 Å². The summed E-state index contributed by atoms with van der Waals surface area (Å²) >= 11 is 11.5. The Morgan fingerprint density at radius 1 is 1.23 bits per heavy atom. The van der Waals surface area contributed by atoms with E-state index in [0.29, 0.717) is 34.8 Å². The largest absolute Gasteiger partial charge is 0.489 e. The number of halogens is 1. The molecule has 0 saturated carbocycles. The molecule has 2 aliphatic rings. The van der Waals surface area contributed by atoms with Gasteiger partial charge in [0.15, 0.2) is 16.6 Å². The van der Waals surface area contributed by atoms with Gasteiger partial charge in [0.25, 0.3) is 0 Å². The average molecular weight is 399 g/mol. The van der Waals surface area contributed by atoms with Gasteiger partial charge >= 0.3 is 0 Å². The van der Waals surface area contributed by atoms with Crippen LogP contribution in [0.15, 0.2) is 17.2 Å². The maximum atomic E-state index is 6.26. The number of morpholine rings is 1. The van der Waals surface area contributed by atoms with Crippen molar-refractivity contribution in [3.05, 3.63) is 22.7 Å². The molecule has 9 heteroatoms. The van der Waals surface area contributed by atoms with Crippen molar-refractivity contribution in [2.75, 3.05) is 52.6 Å². The molecule has 0 spiro atoms. The van der Waals surface area contributed by atoms with E-state index in [1.807, 2.05) is 6.07 Å². The number of hydrogen-bond donors (Lipinski definition) is 2. The molecule has 26 heavy (non-hydrogen) atoms. The number of rotatable bonds is 5. The van der Waals surface area contributed by atoms with Crippen LogP contribution in [0.5, 0.6) is 11.5 Å². The van der Waals surface area contributed by atoms with Crippen LogP contribution in [0.4, 0.5) is 0 Å². The van der Waals surface area contributed by atoms with Crippen LogP contribution in [0.3, 0.4) is 0 Å². The maximum absolute atomic E-state index is 6.26. The van der Waals surface area contributed by atoms with Crippen molar-refractivity contribution < 1.29 is 14.2 Å². The van der Waals surface area contributed by atoms with Gasteiger partial charge in [0.05, 0.1) is 37.7 Å². The van der Waals surface area contributed by atoms with Crippen molar-refractivity contribution in [3.8, 4) is 11.5 Å². The van der Waals surface area contributed by atoms with Gasteiger partial charge in [0.2, 0.25) is 0 Å². The van der Waals surface area contributed by atoms with Gasteiger partial charge in [-0.05, 0) is 29.9 Å². The predicted molar refractivity (Wildman–Crippen MR) is 106 cm³/mol. The Morgan fingerprint density at radius 3 is 2.88 bits per heavy atom. The quantitative estimate of drug-likeness (QED) is 0.444. The van der Waals surface area contributed by atoms with Crippen LogP contribution in [-0.2, 0) is 4.74 Å². The highest BCUT2D eigenvalue weighted by molar-refractivity contribution is 7.80. The molecule has 7 nitrogen and oxygen atoms in total. The van der Waals surface area contributed by atoms with E-state index in [1.165, 1.54) is 0 Å². The summed E-state index contributed by atoms with van der Waals surface area (Å²) in [6.07, 6.45) is 2.48. The number of nitrogens with one attached hydrogen (secondary N) is 2. The topological polar surface area (TPSA) is 67.4 Å². The molecule has 2 N–H and O–H groups in total. The lowest BCUT2D eigenvalue weighted by Gasteiger charge is -2.26. The monoisotopic (exact) mass is 398 g/mol. The third-order valence-corrected chi connectivity index (χ3v) is 4.54. The fourth-order valence-corrected chi connectivity index (χ4v) is 3.11. The Morgan fingerprint density at radius 2 is 2.04 bits per heavy atom. The summed E-state index contributed by atoms with van der Waals surface area (Å²) in [6, 6.07) is 3.64. The molecule has 0 unspecified atom stereocenters. The third kappa shape index (κ3) is 5.70. The highest BCUT2D eigenvalue weighted by atomic mass is 35.5. The molecule has 2 aliphatic heterocycles. The van der Waals surface area contributed by atoms with Crippen molar-refractivity contribution in [2.45, 2.75) is 6.42 Å². The first kappa shape index (κ1) is 19.2. The smallest absolute Gasteiger partial charge is 0.187 e. The Balaban J connectivity index is 1.45. The van der Waals surface area contributed by atoms with E-state index in [4.69, 9.17) is 38.0 Å². The Labute approximate surface area is 163 Å². The van der Waals surface area contributed by atoms with E-state index in [-0.39, 0.29) is 0 Å². The van der Waals surface area contributed by atoms with Gasteiger partial charge < -0.3 is 19.5 Å². The number of benzene rings is 1. The molecular weight excluding hydrogens is 376 g/mol. The average Bonchev–Trinajstić information content (AvgIpc) is 2.88. The predicted octanol–water partition coefficient (Wildman–Crippen LogP) is 1.63. The highest BCUT2D eigenvalue weighted by Gasteiger charge is 2.15. The lowest BCUT2D eigenvalue weighted by molar-refractivity contribution is 0.0389. The summed E-state index contributed by atoms with van der Waals surface area (Å²) in [5.74, 6) is 1.23. The Bertz CT molecular complexity index is 653. The standard InChI is InChI=1S/C17H23ClN4O3S/c18-14-10-13(11-15-16(14)25-7-1-6-24-15)12-20-21-17(26)19-2-3-22-4-8-23-9-5-22/h10-12H,1-9H2,(H2,19,21,26)/b20-12-. The summed E-state index contributed by atoms with van der Waals surface area (Å²) in [4.78, 5) is 2.34. The number of nitrogens with zero attached hydrogens (tertiary/aromatic N) is 2. The van der Waals surface area contributed by atoms with Crippen LogP contribution in [-0.4, -0.2) is 68.8 Å². The minimum absolute atomic E-state index is 0.481. The molecule has 0 amide bonds. The zero-order valence-corrected chi connectivity index (χ0v) is 16.1. The molecule has 0 radical (unpaired) electrons. The van der Waals surface area contributed by atoms with Crippen LogP contribution in [0, 0.1) is 0 Å². The third-order valence-electron chi connectivity index (χ3n) is 4.02. The number of hydrazone groups is 1. The first-order valence-corrected chi connectivity index (χ1v) is 9.47. The second-order valence-electron chi connectivity index (χ2n) is 5.96. The number of thiocarbonyl (C=S) groups is 1. The summed E-state index contributed by atoms with van der Waals surface area (Å²) in [5, 5.41) is 8.28. The van der Waals surface area contributed by atoms with Crippen LogP contribution >= 0.6 is 23.8 Å². The van der Waals surface area contributed by atoms with Gasteiger partial charge in [-0.1, -0.05) is 11.6 Å². The van der Waals surface area contributed by atoms with Crippen molar-refractivity contribution in [1.29, 1.82) is 0 Å². The lowest BCUT2D eigenvalue weighted by Crippen LogP contribution is -2.42. The van der Waals surface area contributed by atoms with E-state index >= 15 is 0 Å².